The van der Waals surface area contributed by atoms with Gasteiger partial charge in [-0.05, 0) is 35.0 Å². The SMILES string of the molecule is CCCn1nnnc1NCc1ccccc1OCc1c(Cl)cccc1Cl. The summed E-state index contributed by atoms with van der Waals surface area (Å²) in [5, 5.41) is 16.1. The van der Waals surface area contributed by atoms with Crippen molar-refractivity contribution in [1.82, 2.24) is 20.2 Å². The van der Waals surface area contributed by atoms with Crippen LogP contribution >= 0.6 is 23.2 Å². The lowest BCUT2D eigenvalue weighted by molar-refractivity contribution is 0.303. The molecule has 1 heterocycles. The molecular formula is C18H19Cl2N5O. The van der Waals surface area contributed by atoms with Gasteiger partial charge in [0, 0.05) is 34.3 Å². The highest BCUT2D eigenvalue weighted by atomic mass is 35.5. The fourth-order valence-corrected chi connectivity index (χ4v) is 2.99. The summed E-state index contributed by atoms with van der Waals surface area (Å²) in [6, 6.07) is 13.2. The van der Waals surface area contributed by atoms with Crippen molar-refractivity contribution in [1.29, 1.82) is 0 Å². The Morgan fingerprint density at radius 2 is 1.85 bits per heavy atom. The average molecular weight is 392 g/mol. The summed E-state index contributed by atoms with van der Waals surface area (Å²) in [4.78, 5) is 0. The Labute approximate surface area is 162 Å². The number of aryl methyl sites for hydroxylation is 1. The quantitative estimate of drug-likeness (QED) is 0.608. The minimum absolute atomic E-state index is 0.295. The molecule has 0 spiro atoms. The van der Waals surface area contributed by atoms with Gasteiger partial charge < -0.3 is 10.1 Å². The number of tetrazole rings is 1. The Balaban J connectivity index is 1.69. The molecule has 1 aromatic heterocycles. The number of aromatic nitrogens is 4. The normalized spacial score (nSPS) is 10.7. The predicted octanol–water partition coefficient (Wildman–Crippen LogP) is 4.58. The molecule has 0 fully saturated rings. The van der Waals surface area contributed by atoms with Crippen molar-refractivity contribution >= 4 is 29.2 Å². The Kier molecular flexibility index (Phi) is 6.30. The van der Waals surface area contributed by atoms with Gasteiger partial charge in [-0.15, -0.1) is 0 Å². The standard InChI is InChI=1S/C18H19Cl2N5O/c1-2-10-25-18(22-23-24-25)21-11-13-6-3-4-9-17(13)26-12-14-15(19)7-5-8-16(14)20/h3-9H,2,10-12H2,1H3,(H,21,22,24). The van der Waals surface area contributed by atoms with Gasteiger partial charge in [-0.25, -0.2) is 4.68 Å². The van der Waals surface area contributed by atoms with Crippen LogP contribution < -0.4 is 10.1 Å². The summed E-state index contributed by atoms with van der Waals surface area (Å²) in [6.45, 7) is 3.67. The van der Waals surface area contributed by atoms with Crippen LogP contribution in [0.4, 0.5) is 5.95 Å². The lowest BCUT2D eigenvalue weighted by Gasteiger charge is -2.14. The minimum Gasteiger partial charge on any atom is -0.488 e. The van der Waals surface area contributed by atoms with Gasteiger partial charge in [0.1, 0.15) is 12.4 Å². The van der Waals surface area contributed by atoms with Gasteiger partial charge in [0.25, 0.3) is 0 Å². The number of hydrogen-bond donors (Lipinski definition) is 1. The second-order valence-electron chi connectivity index (χ2n) is 5.68. The summed E-state index contributed by atoms with van der Waals surface area (Å²) in [5.41, 5.74) is 1.76. The molecule has 0 unspecified atom stereocenters. The van der Waals surface area contributed by atoms with Gasteiger partial charge in [0.15, 0.2) is 0 Å². The van der Waals surface area contributed by atoms with E-state index in [-0.39, 0.29) is 0 Å². The van der Waals surface area contributed by atoms with E-state index >= 15 is 0 Å². The first kappa shape index (κ1) is 18.5. The number of nitrogens with one attached hydrogen (secondary N) is 1. The van der Waals surface area contributed by atoms with Gasteiger partial charge in [-0.2, -0.15) is 0 Å². The molecule has 0 atom stereocenters. The number of halogens is 2. The highest BCUT2D eigenvalue weighted by Crippen LogP contribution is 2.27. The molecule has 0 aliphatic rings. The Morgan fingerprint density at radius 3 is 2.62 bits per heavy atom. The van der Waals surface area contributed by atoms with E-state index in [0.29, 0.717) is 29.1 Å². The van der Waals surface area contributed by atoms with Crippen LogP contribution in [0.1, 0.15) is 24.5 Å². The topological polar surface area (TPSA) is 64.9 Å². The predicted molar refractivity (Wildman–Crippen MR) is 103 cm³/mol. The molecule has 2 aromatic carbocycles. The summed E-state index contributed by atoms with van der Waals surface area (Å²) in [7, 11) is 0. The van der Waals surface area contributed by atoms with Crippen molar-refractivity contribution in [3.8, 4) is 5.75 Å². The van der Waals surface area contributed by atoms with Crippen LogP contribution in [-0.2, 0) is 19.7 Å². The number of anilines is 1. The van der Waals surface area contributed by atoms with E-state index in [1.165, 1.54) is 0 Å². The van der Waals surface area contributed by atoms with Gasteiger partial charge in [-0.3, -0.25) is 0 Å². The molecule has 3 aromatic rings. The number of benzene rings is 2. The van der Waals surface area contributed by atoms with Crippen molar-refractivity contribution < 1.29 is 4.74 Å². The third-order valence-electron chi connectivity index (χ3n) is 3.81. The number of rotatable bonds is 8. The molecule has 3 rings (SSSR count). The van der Waals surface area contributed by atoms with Crippen LogP contribution in [0.25, 0.3) is 0 Å². The Morgan fingerprint density at radius 1 is 1.08 bits per heavy atom. The molecule has 0 aliphatic carbocycles. The van der Waals surface area contributed by atoms with Crippen LogP contribution in [0.5, 0.6) is 5.75 Å². The highest BCUT2D eigenvalue weighted by Gasteiger charge is 2.10. The Bertz CT molecular complexity index is 848. The van der Waals surface area contributed by atoms with Gasteiger partial charge in [0.05, 0.1) is 0 Å². The van der Waals surface area contributed by atoms with Crippen molar-refractivity contribution in [3.05, 3.63) is 63.6 Å². The largest absolute Gasteiger partial charge is 0.488 e. The van der Waals surface area contributed by atoms with Crippen LogP contribution in [0, 0.1) is 0 Å². The molecule has 136 valence electrons. The lowest BCUT2D eigenvalue weighted by atomic mass is 10.2. The van der Waals surface area contributed by atoms with Crippen LogP contribution in [0.3, 0.4) is 0 Å². The van der Waals surface area contributed by atoms with E-state index in [4.69, 9.17) is 27.9 Å². The monoisotopic (exact) mass is 391 g/mol. The summed E-state index contributed by atoms with van der Waals surface area (Å²) < 4.78 is 7.71. The lowest BCUT2D eigenvalue weighted by Crippen LogP contribution is -2.10. The molecule has 0 bridgehead atoms. The number of para-hydroxylation sites is 1. The molecule has 6 nitrogen and oxygen atoms in total. The van der Waals surface area contributed by atoms with Crippen LogP contribution in [0.15, 0.2) is 42.5 Å². The fourth-order valence-electron chi connectivity index (χ4n) is 2.48. The zero-order chi connectivity index (χ0) is 18.4. The van der Waals surface area contributed by atoms with E-state index in [1.807, 2.05) is 30.3 Å². The molecule has 0 amide bonds. The summed E-state index contributed by atoms with van der Waals surface area (Å²) >= 11 is 12.4. The van der Waals surface area contributed by atoms with Gasteiger partial charge in [0.2, 0.25) is 5.95 Å². The van der Waals surface area contributed by atoms with E-state index in [0.717, 1.165) is 29.8 Å². The second kappa shape index (κ2) is 8.87. The van der Waals surface area contributed by atoms with E-state index < -0.39 is 0 Å². The molecule has 0 saturated carbocycles. The third kappa shape index (κ3) is 4.45. The van der Waals surface area contributed by atoms with E-state index in [1.54, 1.807) is 16.8 Å². The van der Waals surface area contributed by atoms with E-state index in [2.05, 4.69) is 27.8 Å². The smallest absolute Gasteiger partial charge is 0.243 e. The third-order valence-corrected chi connectivity index (χ3v) is 4.52. The highest BCUT2D eigenvalue weighted by molar-refractivity contribution is 6.35. The van der Waals surface area contributed by atoms with Crippen molar-refractivity contribution in [2.75, 3.05) is 5.32 Å². The van der Waals surface area contributed by atoms with Crippen LogP contribution in [-0.4, -0.2) is 20.2 Å². The molecule has 0 aliphatic heterocycles. The second-order valence-corrected chi connectivity index (χ2v) is 6.49. The first-order valence-electron chi connectivity index (χ1n) is 8.32. The molecule has 0 saturated heterocycles. The summed E-state index contributed by atoms with van der Waals surface area (Å²) in [6.07, 6.45) is 0.956. The van der Waals surface area contributed by atoms with Crippen molar-refractivity contribution in [2.45, 2.75) is 33.0 Å². The Hall–Kier alpha value is -2.31. The zero-order valence-electron chi connectivity index (χ0n) is 14.3. The molecule has 0 radical (unpaired) electrons. The maximum absolute atomic E-state index is 6.21. The molecular weight excluding hydrogens is 373 g/mol. The van der Waals surface area contributed by atoms with Gasteiger partial charge in [-0.1, -0.05) is 59.5 Å². The van der Waals surface area contributed by atoms with Crippen molar-refractivity contribution in [3.63, 3.8) is 0 Å². The molecule has 8 heteroatoms. The first-order chi connectivity index (χ1) is 12.7. The van der Waals surface area contributed by atoms with Crippen molar-refractivity contribution in [2.24, 2.45) is 0 Å². The number of ether oxygens (including phenoxy) is 1. The number of hydrogen-bond acceptors (Lipinski definition) is 5. The molecule has 26 heavy (non-hydrogen) atoms. The van der Waals surface area contributed by atoms with Crippen LogP contribution in [0.2, 0.25) is 10.0 Å². The van der Waals surface area contributed by atoms with Gasteiger partial charge >= 0.3 is 0 Å². The number of nitrogens with zero attached hydrogens (tertiary/aromatic N) is 4. The first-order valence-corrected chi connectivity index (χ1v) is 9.08. The maximum atomic E-state index is 6.21. The average Bonchev–Trinajstić information content (AvgIpc) is 3.08. The zero-order valence-corrected chi connectivity index (χ0v) is 15.8. The fraction of sp³-hybridized carbons (Fsp3) is 0.278. The maximum Gasteiger partial charge on any atom is 0.243 e. The summed E-state index contributed by atoms with van der Waals surface area (Å²) in [5.74, 6) is 1.39. The minimum atomic E-state index is 0.295. The van der Waals surface area contributed by atoms with E-state index in [9.17, 15) is 0 Å². The molecule has 1 N–H and O–H groups in total.